The Morgan fingerprint density at radius 3 is 2.69 bits per heavy atom. The number of alkyl halides is 1. The topological polar surface area (TPSA) is 51.7 Å². The molecule has 1 unspecified atom stereocenters. The normalized spacial score (nSPS) is 17.6. The van der Waals surface area contributed by atoms with Gasteiger partial charge in [0.15, 0.2) is 0 Å². The lowest BCUT2D eigenvalue weighted by molar-refractivity contribution is 0.0600. The Labute approximate surface area is 238 Å². The second-order valence-electron chi connectivity index (χ2n) is 9.95. The molecule has 39 heavy (non-hydrogen) atoms. The van der Waals surface area contributed by atoms with Crippen molar-refractivity contribution in [2.24, 2.45) is 0 Å². The number of benzene rings is 2. The average molecular weight is 570 g/mol. The van der Waals surface area contributed by atoms with Crippen LogP contribution in [0.2, 0.25) is 10.0 Å². The van der Waals surface area contributed by atoms with Gasteiger partial charge in [0.2, 0.25) is 5.88 Å². The third kappa shape index (κ3) is 6.29. The van der Waals surface area contributed by atoms with Gasteiger partial charge in [0.05, 0.1) is 19.3 Å². The number of allylic oxidation sites excluding steroid dienone is 1. The van der Waals surface area contributed by atoms with Crippen LogP contribution < -0.4 is 4.74 Å². The van der Waals surface area contributed by atoms with Gasteiger partial charge < -0.3 is 9.47 Å². The maximum Gasteiger partial charge on any atom is 0.337 e. The lowest BCUT2D eigenvalue weighted by Gasteiger charge is -2.19. The molecule has 5 nitrogen and oxygen atoms in total. The number of methoxy groups -OCH3 is 1. The summed E-state index contributed by atoms with van der Waals surface area (Å²) in [6.07, 6.45) is 5.84. The molecular weight excluding hydrogens is 538 g/mol. The van der Waals surface area contributed by atoms with Gasteiger partial charge in [-0.15, -0.1) is 0 Å². The van der Waals surface area contributed by atoms with Crippen molar-refractivity contribution in [1.29, 1.82) is 0 Å². The number of halogens is 3. The maximum absolute atomic E-state index is 12.5. The second kappa shape index (κ2) is 12.5. The van der Waals surface area contributed by atoms with Crippen LogP contribution in [-0.4, -0.2) is 55.4 Å². The summed E-state index contributed by atoms with van der Waals surface area (Å²) in [6, 6.07) is 15.2. The van der Waals surface area contributed by atoms with Crippen LogP contribution in [0.5, 0.6) is 5.88 Å². The van der Waals surface area contributed by atoms with Crippen molar-refractivity contribution < 1.29 is 18.7 Å². The highest BCUT2D eigenvalue weighted by molar-refractivity contribution is 6.36. The highest BCUT2D eigenvalue weighted by Crippen LogP contribution is 2.42. The van der Waals surface area contributed by atoms with E-state index in [0.29, 0.717) is 27.9 Å². The second-order valence-corrected chi connectivity index (χ2v) is 10.8. The maximum atomic E-state index is 12.5. The molecule has 0 saturated carbocycles. The fraction of sp³-hybridized carbons (Fsp3) is 0.355. The number of aromatic nitrogens is 1. The molecule has 0 bridgehead atoms. The highest BCUT2D eigenvalue weighted by Gasteiger charge is 2.25. The predicted molar refractivity (Wildman–Crippen MR) is 153 cm³/mol. The molecule has 2 heterocycles. The van der Waals surface area contributed by atoms with Crippen molar-refractivity contribution in [3.8, 4) is 5.88 Å². The van der Waals surface area contributed by atoms with Crippen molar-refractivity contribution >= 4 is 40.3 Å². The Hall–Kier alpha value is -2.93. The minimum Gasteiger partial charge on any atom is -0.473 e. The lowest BCUT2D eigenvalue weighted by atomic mass is 9.88. The third-order valence-electron chi connectivity index (χ3n) is 7.38. The van der Waals surface area contributed by atoms with Crippen molar-refractivity contribution in [1.82, 2.24) is 9.88 Å². The quantitative estimate of drug-likeness (QED) is 0.267. The molecule has 1 fully saturated rings. The van der Waals surface area contributed by atoms with Gasteiger partial charge in [0.1, 0.15) is 6.10 Å². The number of carbonyl (C=O) groups is 1. The minimum atomic E-state index is -0.355. The summed E-state index contributed by atoms with van der Waals surface area (Å²) in [5.41, 5.74) is 6.65. The Morgan fingerprint density at radius 2 is 1.95 bits per heavy atom. The SMILES string of the molecule is COC(=O)c1ccc2c(c1)CCCC(c1ccc(Cl)cc1Cl)=C2c1ccc(OC2CCN(CCCF)C2)nc1. The van der Waals surface area contributed by atoms with Crippen molar-refractivity contribution in [3.05, 3.63) is 92.6 Å². The monoisotopic (exact) mass is 568 g/mol. The summed E-state index contributed by atoms with van der Waals surface area (Å²) in [6.45, 7) is 2.15. The van der Waals surface area contributed by atoms with Crippen molar-refractivity contribution in [2.75, 3.05) is 33.4 Å². The molecule has 1 saturated heterocycles. The van der Waals surface area contributed by atoms with Crippen LogP contribution in [-0.2, 0) is 11.2 Å². The zero-order chi connectivity index (χ0) is 27.4. The van der Waals surface area contributed by atoms with Gasteiger partial charge in [0.25, 0.3) is 0 Å². The molecule has 3 aromatic rings. The van der Waals surface area contributed by atoms with Crippen LogP contribution in [0, 0.1) is 0 Å². The first kappa shape index (κ1) is 27.6. The molecule has 1 aromatic heterocycles. The molecular formula is C31H31Cl2FN2O3. The van der Waals surface area contributed by atoms with E-state index in [1.807, 2.05) is 42.6 Å². The van der Waals surface area contributed by atoms with Crippen LogP contribution in [0.15, 0.2) is 54.7 Å². The summed E-state index contributed by atoms with van der Waals surface area (Å²) in [4.78, 5) is 19.1. The molecule has 5 rings (SSSR count). The number of rotatable bonds is 8. The van der Waals surface area contributed by atoms with Gasteiger partial charge in [-0.1, -0.05) is 35.3 Å². The number of likely N-dealkylation sites (tertiary alicyclic amines) is 1. The van der Waals surface area contributed by atoms with Gasteiger partial charge in [-0.2, -0.15) is 0 Å². The molecule has 0 N–H and O–H groups in total. The fourth-order valence-corrected chi connectivity index (χ4v) is 6.04. The van der Waals surface area contributed by atoms with E-state index in [1.165, 1.54) is 7.11 Å². The van der Waals surface area contributed by atoms with Crippen LogP contribution in [0.3, 0.4) is 0 Å². The molecule has 1 atom stereocenters. The van der Waals surface area contributed by atoms with Gasteiger partial charge >= 0.3 is 5.97 Å². The molecule has 8 heteroatoms. The molecule has 1 aliphatic carbocycles. The van der Waals surface area contributed by atoms with Gasteiger partial charge in [-0.25, -0.2) is 9.78 Å². The number of ether oxygens (including phenoxy) is 2. The summed E-state index contributed by atoms with van der Waals surface area (Å²) in [5.74, 6) is 0.213. The number of hydrogen-bond donors (Lipinski definition) is 0. The highest BCUT2D eigenvalue weighted by atomic mass is 35.5. The number of hydrogen-bond acceptors (Lipinski definition) is 5. The predicted octanol–water partition coefficient (Wildman–Crippen LogP) is 7.28. The van der Waals surface area contributed by atoms with Gasteiger partial charge in [-0.3, -0.25) is 9.29 Å². The zero-order valence-corrected chi connectivity index (χ0v) is 23.4. The minimum absolute atomic E-state index is 0.0426. The molecule has 0 radical (unpaired) electrons. The average Bonchev–Trinajstić information content (AvgIpc) is 3.30. The van der Waals surface area contributed by atoms with Crippen LogP contribution >= 0.6 is 23.2 Å². The number of nitrogens with zero attached hydrogens (tertiary/aromatic N) is 2. The molecule has 2 aliphatic rings. The first-order chi connectivity index (χ1) is 19.0. The fourth-order valence-electron chi connectivity index (χ4n) is 5.51. The number of pyridine rings is 1. The Balaban J connectivity index is 1.51. The van der Waals surface area contributed by atoms with Gasteiger partial charge in [-0.05, 0) is 90.3 Å². The first-order valence-electron chi connectivity index (χ1n) is 13.3. The van der Waals surface area contributed by atoms with Crippen LogP contribution in [0.4, 0.5) is 4.39 Å². The summed E-state index contributed by atoms with van der Waals surface area (Å²) in [5, 5.41) is 1.18. The van der Waals surface area contributed by atoms with Crippen molar-refractivity contribution in [3.63, 3.8) is 0 Å². The van der Waals surface area contributed by atoms with E-state index in [0.717, 1.165) is 78.7 Å². The van der Waals surface area contributed by atoms with Crippen molar-refractivity contribution in [2.45, 2.75) is 38.2 Å². The lowest BCUT2D eigenvalue weighted by Crippen LogP contribution is -2.26. The standard InChI is InChI=1S/C31H31Cl2FN2O3/c1-38-31(37)21-6-9-25-20(16-21)4-2-5-27(26-10-8-23(32)17-28(26)33)30(25)22-7-11-29(35-18-22)39-24-12-15-36(19-24)14-3-13-34/h6-11,16-18,24H,2-5,12-15,19H2,1H3. The Bertz CT molecular complexity index is 1380. The third-order valence-corrected chi connectivity index (χ3v) is 7.92. The van der Waals surface area contributed by atoms with Gasteiger partial charge in [0, 0.05) is 47.5 Å². The molecule has 1 aliphatic heterocycles. The number of fused-ring (bicyclic) bond motifs is 1. The first-order valence-corrected chi connectivity index (χ1v) is 14.0. The smallest absolute Gasteiger partial charge is 0.337 e. The summed E-state index contributed by atoms with van der Waals surface area (Å²) in [7, 11) is 1.39. The largest absolute Gasteiger partial charge is 0.473 e. The molecule has 2 aromatic carbocycles. The van der Waals surface area contributed by atoms with E-state index in [4.69, 9.17) is 32.7 Å². The van der Waals surface area contributed by atoms with E-state index in [9.17, 15) is 9.18 Å². The summed E-state index contributed by atoms with van der Waals surface area (Å²) < 4.78 is 23.7. The molecule has 0 spiro atoms. The Morgan fingerprint density at radius 1 is 1.10 bits per heavy atom. The van der Waals surface area contributed by atoms with Crippen LogP contribution in [0.1, 0.15) is 58.3 Å². The molecule has 0 amide bonds. The van der Waals surface area contributed by atoms with E-state index in [-0.39, 0.29) is 18.7 Å². The molecule has 204 valence electrons. The van der Waals surface area contributed by atoms with E-state index in [2.05, 4.69) is 9.88 Å². The number of aryl methyl sites for hydroxylation is 1. The van der Waals surface area contributed by atoms with E-state index in [1.54, 1.807) is 12.1 Å². The Kier molecular flexibility index (Phi) is 8.85. The van der Waals surface area contributed by atoms with E-state index >= 15 is 0 Å². The van der Waals surface area contributed by atoms with Crippen LogP contribution in [0.25, 0.3) is 11.1 Å². The number of esters is 1. The van der Waals surface area contributed by atoms with E-state index < -0.39 is 0 Å². The number of carbonyl (C=O) groups excluding carboxylic acids is 1. The zero-order valence-electron chi connectivity index (χ0n) is 21.9. The summed E-state index contributed by atoms with van der Waals surface area (Å²) >= 11 is 12.9.